The fraction of sp³-hybridized carbons (Fsp3) is 0.375. The third kappa shape index (κ3) is 6.71. The first-order valence-electron chi connectivity index (χ1n) is 14.2. The predicted octanol–water partition coefficient (Wildman–Crippen LogP) is 6.89. The fourth-order valence-corrected chi connectivity index (χ4v) is 6.60. The number of amides is 1. The van der Waals surface area contributed by atoms with Gasteiger partial charge < -0.3 is 20.9 Å². The second kappa shape index (κ2) is 12.4. The van der Waals surface area contributed by atoms with Gasteiger partial charge in [-0.25, -0.2) is 0 Å². The molecule has 0 heterocycles. The van der Waals surface area contributed by atoms with Crippen LogP contribution in [0.4, 0.5) is 32.0 Å². The first-order valence-corrected chi connectivity index (χ1v) is 14.6. The third-order valence-corrected chi connectivity index (χ3v) is 8.39. The van der Waals surface area contributed by atoms with E-state index in [2.05, 4.69) is 16.0 Å². The Labute approximate surface area is 257 Å². The van der Waals surface area contributed by atoms with Gasteiger partial charge in [0.15, 0.2) is 5.11 Å². The molecule has 6 rings (SSSR count). The standard InChI is InChI=1S/C32H32F6N4OS/c1-42(2)14-8-7-13-25(43)40-28-26-21-9-3-5-11-23(21)27(24-12-6-4-10-22(24)26)29(28)41-30(44)39-20-16-18(31(33,34)35)15-19(17-20)32(36,37)38/h3-6,9-12,15-17,26-29H,7-8,13-14H2,1-2H3,(H,40,43)(H2,39,41,44)/t26?,27?,28-,29+/m1/s1. The molecule has 0 aliphatic heterocycles. The van der Waals surface area contributed by atoms with Gasteiger partial charge in [0.25, 0.3) is 0 Å². The van der Waals surface area contributed by atoms with Crippen molar-refractivity contribution in [2.45, 2.75) is 55.5 Å². The number of thiocarbonyl (C=S) groups is 1. The summed E-state index contributed by atoms with van der Waals surface area (Å²) in [7, 11) is 3.93. The van der Waals surface area contributed by atoms with E-state index in [0.29, 0.717) is 25.0 Å². The van der Waals surface area contributed by atoms with Crippen molar-refractivity contribution in [1.82, 2.24) is 15.5 Å². The Morgan fingerprint density at radius 2 is 1.20 bits per heavy atom. The van der Waals surface area contributed by atoms with E-state index in [1.807, 2.05) is 67.5 Å². The summed E-state index contributed by atoms with van der Waals surface area (Å²) >= 11 is 5.48. The molecule has 0 fully saturated rings. The molecule has 3 aliphatic rings. The van der Waals surface area contributed by atoms with Crippen LogP contribution in [0.5, 0.6) is 0 Å². The normalized spacial score (nSPS) is 20.6. The monoisotopic (exact) mass is 634 g/mol. The maximum absolute atomic E-state index is 13.5. The van der Waals surface area contributed by atoms with Crippen LogP contribution in [0.25, 0.3) is 0 Å². The van der Waals surface area contributed by atoms with Crippen molar-refractivity contribution >= 4 is 28.9 Å². The Bertz CT molecular complexity index is 1460. The third-order valence-electron chi connectivity index (χ3n) is 8.17. The van der Waals surface area contributed by atoms with E-state index in [4.69, 9.17) is 12.2 Å². The number of rotatable bonds is 8. The first kappa shape index (κ1) is 31.8. The number of hydrogen-bond donors (Lipinski definition) is 3. The molecule has 1 amide bonds. The second-order valence-electron chi connectivity index (χ2n) is 11.5. The highest BCUT2D eigenvalue weighted by atomic mass is 32.1. The Morgan fingerprint density at radius 1 is 0.750 bits per heavy atom. The molecule has 3 aromatic carbocycles. The van der Waals surface area contributed by atoms with Crippen LogP contribution in [0.15, 0.2) is 66.7 Å². The Kier molecular flexibility index (Phi) is 8.95. The van der Waals surface area contributed by atoms with Crippen molar-refractivity contribution in [1.29, 1.82) is 0 Å². The van der Waals surface area contributed by atoms with Gasteiger partial charge in [-0.15, -0.1) is 0 Å². The maximum atomic E-state index is 13.5. The van der Waals surface area contributed by atoms with E-state index >= 15 is 0 Å². The number of benzene rings is 3. The molecule has 12 heteroatoms. The van der Waals surface area contributed by atoms with E-state index in [1.165, 1.54) is 0 Å². The molecule has 3 aliphatic carbocycles. The van der Waals surface area contributed by atoms with Crippen LogP contribution in [0, 0.1) is 0 Å². The van der Waals surface area contributed by atoms with Crippen molar-refractivity contribution in [3.05, 3.63) is 100 Å². The van der Waals surface area contributed by atoms with Crippen LogP contribution in [0.3, 0.4) is 0 Å². The molecule has 3 aromatic rings. The quantitative estimate of drug-likeness (QED) is 0.143. The zero-order chi connectivity index (χ0) is 31.8. The first-order chi connectivity index (χ1) is 20.7. The number of carbonyl (C=O) groups excluding carboxylic acids is 1. The number of unbranched alkanes of at least 4 members (excludes halogenated alkanes) is 1. The number of alkyl halides is 6. The fourth-order valence-electron chi connectivity index (χ4n) is 6.34. The summed E-state index contributed by atoms with van der Waals surface area (Å²) in [5.74, 6) is -0.683. The Hall–Kier alpha value is -3.64. The zero-order valence-corrected chi connectivity index (χ0v) is 24.8. The van der Waals surface area contributed by atoms with Crippen LogP contribution in [0.1, 0.15) is 64.5 Å². The lowest BCUT2D eigenvalue weighted by molar-refractivity contribution is -0.143. The van der Waals surface area contributed by atoms with Gasteiger partial charge in [-0.05, 0) is 86.2 Å². The van der Waals surface area contributed by atoms with Crippen molar-refractivity contribution in [3.8, 4) is 0 Å². The number of carbonyl (C=O) groups is 1. The minimum atomic E-state index is -5.00. The molecule has 0 aromatic heterocycles. The van der Waals surface area contributed by atoms with Crippen LogP contribution < -0.4 is 16.0 Å². The highest BCUT2D eigenvalue weighted by Gasteiger charge is 2.50. The van der Waals surface area contributed by atoms with E-state index in [9.17, 15) is 31.1 Å². The van der Waals surface area contributed by atoms with Crippen molar-refractivity contribution in [2.75, 3.05) is 26.0 Å². The van der Waals surface area contributed by atoms with E-state index in [-0.39, 0.29) is 28.9 Å². The smallest absolute Gasteiger partial charge is 0.357 e. The van der Waals surface area contributed by atoms with E-state index in [0.717, 1.165) is 35.2 Å². The Morgan fingerprint density at radius 3 is 1.64 bits per heavy atom. The van der Waals surface area contributed by atoms with Crippen LogP contribution in [0.2, 0.25) is 0 Å². The summed E-state index contributed by atoms with van der Waals surface area (Å²) in [6, 6.07) is 15.9. The highest BCUT2D eigenvalue weighted by molar-refractivity contribution is 7.80. The molecule has 3 N–H and O–H groups in total. The summed E-state index contributed by atoms with van der Waals surface area (Å²) in [5.41, 5.74) is 0.802. The largest absolute Gasteiger partial charge is 0.416 e. The van der Waals surface area contributed by atoms with Crippen molar-refractivity contribution in [3.63, 3.8) is 0 Å². The molecule has 0 unspecified atom stereocenters. The van der Waals surface area contributed by atoms with Gasteiger partial charge in [0, 0.05) is 23.9 Å². The lowest BCUT2D eigenvalue weighted by Crippen LogP contribution is -2.62. The molecule has 234 valence electrons. The second-order valence-corrected chi connectivity index (χ2v) is 11.9. The number of nitrogens with zero attached hydrogens (tertiary/aromatic N) is 1. The number of nitrogens with one attached hydrogen (secondary N) is 3. The SMILES string of the molecule is CN(C)CCCCC(=O)N[C@@H]1C2c3ccccc3C(c3ccccc32)[C@@H]1NC(=S)Nc1cc(C(F)(F)F)cc(C(F)(F)F)c1. The topological polar surface area (TPSA) is 56.4 Å². The molecule has 0 saturated carbocycles. The lowest BCUT2D eigenvalue weighted by Gasteiger charge is -2.51. The minimum Gasteiger partial charge on any atom is -0.357 e. The molecular formula is C32H32F6N4OS. The molecule has 5 nitrogen and oxygen atoms in total. The maximum Gasteiger partial charge on any atom is 0.416 e. The average molecular weight is 635 g/mol. The summed E-state index contributed by atoms with van der Waals surface area (Å²) in [5, 5.41) is 8.76. The molecule has 44 heavy (non-hydrogen) atoms. The Balaban J connectivity index is 1.46. The molecule has 0 spiro atoms. The van der Waals surface area contributed by atoms with Gasteiger partial charge in [0.05, 0.1) is 23.2 Å². The van der Waals surface area contributed by atoms with Crippen LogP contribution in [-0.2, 0) is 17.1 Å². The van der Waals surface area contributed by atoms with E-state index < -0.39 is 41.3 Å². The minimum absolute atomic E-state index is 0.0692. The summed E-state index contributed by atoms with van der Waals surface area (Å²) in [6.07, 6.45) is -8.15. The highest BCUT2D eigenvalue weighted by Crippen LogP contribution is 2.52. The summed E-state index contributed by atoms with van der Waals surface area (Å²) < 4.78 is 80.8. The zero-order valence-electron chi connectivity index (χ0n) is 24.0. The lowest BCUT2D eigenvalue weighted by atomic mass is 9.59. The van der Waals surface area contributed by atoms with E-state index in [1.54, 1.807) is 0 Å². The molecule has 0 saturated heterocycles. The number of hydrogen-bond acceptors (Lipinski definition) is 3. The van der Waals surface area contributed by atoms with Gasteiger partial charge in [-0.2, -0.15) is 26.3 Å². The summed E-state index contributed by atoms with van der Waals surface area (Å²) in [4.78, 5) is 15.3. The van der Waals surface area contributed by atoms with Crippen molar-refractivity contribution < 1.29 is 31.1 Å². The average Bonchev–Trinajstić information content (AvgIpc) is 2.95. The van der Waals surface area contributed by atoms with Gasteiger partial charge in [-0.1, -0.05) is 48.5 Å². The predicted molar refractivity (Wildman–Crippen MR) is 160 cm³/mol. The number of halogens is 6. The van der Waals surface area contributed by atoms with Crippen LogP contribution >= 0.6 is 12.2 Å². The number of fused-ring (bicyclic) bond motifs is 1. The molecule has 0 radical (unpaired) electrons. The van der Waals surface area contributed by atoms with Gasteiger partial charge in [0.2, 0.25) is 5.91 Å². The van der Waals surface area contributed by atoms with Gasteiger partial charge in [-0.3, -0.25) is 4.79 Å². The van der Waals surface area contributed by atoms with Crippen molar-refractivity contribution in [2.24, 2.45) is 0 Å². The van der Waals surface area contributed by atoms with Gasteiger partial charge >= 0.3 is 12.4 Å². The van der Waals surface area contributed by atoms with Crippen LogP contribution in [-0.4, -0.2) is 48.6 Å². The molecule has 2 bridgehead atoms. The molecular weight excluding hydrogens is 602 g/mol. The molecule has 2 atom stereocenters. The summed E-state index contributed by atoms with van der Waals surface area (Å²) in [6.45, 7) is 0.845. The number of anilines is 1. The van der Waals surface area contributed by atoms with Gasteiger partial charge in [0.1, 0.15) is 0 Å².